The Morgan fingerprint density at radius 2 is 2.00 bits per heavy atom. The van der Waals surface area contributed by atoms with Gasteiger partial charge in [0.2, 0.25) is 0 Å². The van der Waals surface area contributed by atoms with E-state index in [1.54, 1.807) is 0 Å². The fraction of sp³-hybridized carbons (Fsp3) is 0.647. The van der Waals surface area contributed by atoms with E-state index in [0.717, 1.165) is 12.3 Å². The van der Waals surface area contributed by atoms with Crippen LogP contribution in [0.2, 0.25) is 0 Å². The van der Waals surface area contributed by atoms with E-state index in [2.05, 4.69) is 4.90 Å². The summed E-state index contributed by atoms with van der Waals surface area (Å²) < 4.78 is 11.4. The summed E-state index contributed by atoms with van der Waals surface area (Å²) >= 11 is 0. The van der Waals surface area contributed by atoms with Crippen LogP contribution in [0, 0.1) is 0 Å². The van der Waals surface area contributed by atoms with Gasteiger partial charge in [-0.3, -0.25) is 4.90 Å². The molecule has 0 unspecified atom stereocenters. The maximum absolute atomic E-state index is 10.9. The third-order valence-electron chi connectivity index (χ3n) is 4.48. The van der Waals surface area contributed by atoms with Crippen LogP contribution in [0.4, 0.5) is 0 Å². The summed E-state index contributed by atoms with van der Waals surface area (Å²) in [6, 6.07) is 10.3. The molecule has 116 valence electrons. The van der Waals surface area contributed by atoms with Gasteiger partial charge in [0.15, 0.2) is 0 Å². The van der Waals surface area contributed by atoms with Crippen molar-refractivity contribution in [1.82, 2.24) is 4.90 Å². The lowest BCUT2D eigenvalue weighted by Crippen LogP contribution is -2.51. The van der Waals surface area contributed by atoms with Gasteiger partial charge in [-0.2, -0.15) is 0 Å². The van der Waals surface area contributed by atoms with Gasteiger partial charge in [0.1, 0.15) is 18.0 Å². The molecule has 0 spiro atoms. The summed E-state index contributed by atoms with van der Waals surface area (Å²) in [5.74, 6) is 0.794. The van der Waals surface area contributed by atoms with Crippen molar-refractivity contribution in [2.45, 2.75) is 37.3 Å². The van der Waals surface area contributed by atoms with E-state index in [-0.39, 0.29) is 6.61 Å². The molecule has 1 atom stereocenters. The maximum Gasteiger partial charge on any atom is 0.134 e. The zero-order valence-corrected chi connectivity index (χ0v) is 12.5. The van der Waals surface area contributed by atoms with Crippen LogP contribution < -0.4 is 4.74 Å². The van der Waals surface area contributed by atoms with Gasteiger partial charge in [-0.15, -0.1) is 0 Å². The number of aliphatic hydroxyl groups is 1. The molecule has 0 radical (unpaired) electrons. The molecule has 0 aromatic heterocycles. The van der Waals surface area contributed by atoms with Crippen LogP contribution >= 0.6 is 0 Å². The summed E-state index contributed by atoms with van der Waals surface area (Å²) in [7, 11) is 0. The number of rotatable bonds is 4. The molecule has 2 fully saturated rings. The Kier molecular flexibility index (Phi) is 4.78. The van der Waals surface area contributed by atoms with Crippen molar-refractivity contribution in [1.29, 1.82) is 0 Å². The van der Waals surface area contributed by atoms with Crippen LogP contribution in [0.1, 0.15) is 25.7 Å². The van der Waals surface area contributed by atoms with E-state index in [4.69, 9.17) is 9.47 Å². The largest absolute Gasteiger partial charge is 0.490 e. The number of hydrogen-bond acceptors (Lipinski definition) is 4. The summed E-state index contributed by atoms with van der Waals surface area (Å²) in [6.07, 6.45) is 5.10. The standard InChI is InChI=1S/C17H25NO3/c19-17(14-21-16-8-2-1-3-9-16)12-18(10-11-20-13-17)15-6-4-5-7-15/h1-3,8-9,15,19H,4-7,10-14H2/t17-/m0/s1. The smallest absolute Gasteiger partial charge is 0.134 e. The second kappa shape index (κ2) is 6.77. The van der Waals surface area contributed by atoms with Gasteiger partial charge in [0, 0.05) is 19.1 Å². The third-order valence-corrected chi connectivity index (χ3v) is 4.48. The minimum atomic E-state index is -0.922. The minimum Gasteiger partial charge on any atom is -0.490 e. The Hall–Kier alpha value is -1.10. The van der Waals surface area contributed by atoms with E-state index >= 15 is 0 Å². The van der Waals surface area contributed by atoms with Gasteiger partial charge in [-0.1, -0.05) is 31.0 Å². The van der Waals surface area contributed by atoms with E-state index in [1.165, 1.54) is 25.7 Å². The lowest BCUT2D eigenvalue weighted by Gasteiger charge is -2.33. The molecule has 0 bridgehead atoms. The molecule has 1 N–H and O–H groups in total. The van der Waals surface area contributed by atoms with Crippen LogP contribution in [0.15, 0.2) is 30.3 Å². The molecular weight excluding hydrogens is 266 g/mol. The molecule has 1 aliphatic carbocycles. The van der Waals surface area contributed by atoms with Crippen molar-refractivity contribution in [2.24, 2.45) is 0 Å². The van der Waals surface area contributed by atoms with Gasteiger partial charge >= 0.3 is 0 Å². The van der Waals surface area contributed by atoms with Crippen LogP contribution in [0.25, 0.3) is 0 Å². The fourth-order valence-electron chi connectivity index (χ4n) is 3.35. The zero-order chi connectivity index (χ0) is 14.5. The summed E-state index contributed by atoms with van der Waals surface area (Å²) in [6.45, 7) is 2.89. The first-order valence-corrected chi connectivity index (χ1v) is 7.97. The van der Waals surface area contributed by atoms with Crippen molar-refractivity contribution >= 4 is 0 Å². The maximum atomic E-state index is 10.9. The van der Waals surface area contributed by atoms with Crippen LogP contribution in [-0.4, -0.2) is 54.6 Å². The van der Waals surface area contributed by atoms with E-state index in [9.17, 15) is 5.11 Å². The molecule has 1 aromatic carbocycles. The minimum absolute atomic E-state index is 0.278. The average molecular weight is 291 g/mol. The first-order valence-electron chi connectivity index (χ1n) is 7.97. The van der Waals surface area contributed by atoms with Gasteiger partial charge < -0.3 is 14.6 Å². The molecule has 1 saturated carbocycles. The van der Waals surface area contributed by atoms with Gasteiger partial charge in [0.25, 0.3) is 0 Å². The Morgan fingerprint density at radius 3 is 2.76 bits per heavy atom. The molecule has 2 aliphatic rings. The van der Waals surface area contributed by atoms with Crippen molar-refractivity contribution in [3.8, 4) is 5.75 Å². The second-order valence-corrected chi connectivity index (χ2v) is 6.29. The number of ether oxygens (including phenoxy) is 2. The van der Waals surface area contributed by atoms with E-state index in [0.29, 0.717) is 25.8 Å². The first kappa shape index (κ1) is 14.8. The number of benzene rings is 1. The third kappa shape index (κ3) is 3.96. The summed E-state index contributed by atoms with van der Waals surface area (Å²) in [4.78, 5) is 2.40. The summed E-state index contributed by atoms with van der Waals surface area (Å²) in [5, 5.41) is 10.9. The zero-order valence-electron chi connectivity index (χ0n) is 12.5. The fourth-order valence-corrected chi connectivity index (χ4v) is 3.35. The lowest BCUT2D eigenvalue weighted by molar-refractivity contribution is -0.0669. The van der Waals surface area contributed by atoms with E-state index in [1.807, 2.05) is 30.3 Å². The van der Waals surface area contributed by atoms with Gasteiger partial charge in [0.05, 0.1) is 13.2 Å². The molecule has 4 heteroatoms. The highest BCUT2D eigenvalue weighted by Crippen LogP contribution is 2.26. The highest BCUT2D eigenvalue weighted by atomic mass is 16.5. The first-order chi connectivity index (χ1) is 10.3. The molecule has 1 aliphatic heterocycles. The molecule has 1 aromatic rings. The van der Waals surface area contributed by atoms with Crippen molar-refractivity contribution in [2.75, 3.05) is 32.9 Å². The van der Waals surface area contributed by atoms with E-state index < -0.39 is 5.60 Å². The molecule has 4 nitrogen and oxygen atoms in total. The van der Waals surface area contributed by atoms with Crippen molar-refractivity contribution < 1.29 is 14.6 Å². The number of hydrogen-bond donors (Lipinski definition) is 1. The Labute approximate surface area is 126 Å². The average Bonchev–Trinajstić information content (AvgIpc) is 2.97. The molecule has 0 amide bonds. The van der Waals surface area contributed by atoms with Crippen LogP contribution in [0.5, 0.6) is 5.75 Å². The molecule has 1 saturated heterocycles. The molecule has 21 heavy (non-hydrogen) atoms. The predicted molar refractivity (Wildman–Crippen MR) is 81.5 cm³/mol. The number of para-hydroxylation sites is 1. The Morgan fingerprint density at radius 1 is 1.24 bits per heavy atom. The SMILES string of the molecule is O[C@]1(COc2ccccc2)COCCN(C2CCCC2)C1. The number of nitrogens with zero attached hydrogens (tertiary/aromatic N) is 1. The lowest BCUT2D eigenvalue weighted by atomic mass is 10.0. The van der Waals surface area contributed by atoms with Crippen LogP contribution in [-0.2, 0) is 4.74 Å². The van der Waals surface area contributed by atoms with Gasteiger partial charge in [-0.05, 0) is 25.0 Å². The molecular formula is C17H25NO3. The topological polar surface area (TPSA) is 41.9 Å². The Bertz CT molecular complexity index is 433. The molecule has 3 rings (SSSR count). The van der Waals surface area contributed by atoms with Crippen molar-refractivity contribution in [3.05, 3.63) is 30.3 Å². The highest BCUT2D eigenvalue weighted by Gasteiger charge is 2.36. The normalized spacial score (nSPS) is 28.4. The second-order valence-electron chi connectivity index (χ2n) is 6.29. The number of β-amino-alcohol motifs (C(OH)–C–C–N with tert-alkyl or cyclic N) is 1. The highest BCUT2D eigenvalue weighted by molar-refractivity contribution is 5.21. The monoisotopic (exact) mass is 291 g/mol. The quantitative estimate of drug-likeness (QED) is 0.922. The predicted octanol–water partition coefficient (Wildman–Crippen LogP) is 2.07. The summed E-state index contributed by atoms with van der Waals surface area (Å²) in [5.41, 5.74) is -0.922. The Balaban J connectivity index is 1.60. The van der Waals surface area contributed by atoms with Gasteiger partial charge in [-0.25, -0.2) is 0 Å². The molecule has 1 heterocycles. The van der Waals surface area contributed by atoms with Crippen molar-refractivity contribution in [3.63, 3.8) is 0 Å². The van der Waals surface area contributed by atoms with Crippen LogP contribution in [0.3, 0.4) is 0 Å².